The summed E-state index contributed by atoms with van der Waals surface area (Å²) in [6.45, 7) is 6.29. The minimum Gasteiger partial charge on any atom is -0.497 e. The van der Waals surface area contributed by atoms with Crippen molar-refractivity contribution in [3.05, 3.63) is 46.3 Å². The molecule has 0 fully saturated rings. The van der Waals surface area contributed by atoms with E-state index in [9.17, 15) is 14.4 Å². The fourth-order valence-electron chi connectivity index (χ4n) is 4.73. The zero-order valence-electron chi connectivity index (χ0n) is 21.1. The third-order valence-electron chi connectivity index (χ3n) is 6.38. The third kappa shape index (κ3) is 5.19. The van der Waals surface area contributed by atoms with Crippen molar-refractivity contribution in [2.45, 2.75) is 33.1 Å². The van der Waals surface area contributed by atoms with E-state index in [1.807, 2.05) is 13.8 Å². The Kier molecular flexibility index (Phi) is 8.56. The number of hydrogen-bond acceptors (Lipinski definition) is 9. The van der Waals surface area contributed by atoms with Crippen molar-refractivity contribution < 1.29 is 38.1 Å². The maximum Gasteiger partial charge on any atom is 0.336 e. The van der Waals surface area contributed by atoms with E-state index in [0.717, 1.165) is 0 Å². The molecule has 9 nitrogen and oxygen atoms in total. The number of rotatable bonds is 9. The van der Waals surface area contributed by atoms with Crippen LogP contribution in [-0.2, 0) is 28.6 Å². The van der Waals surface area contributed by atoms with Crippen LogP contribution < -0.4 is 14.8 Å². The first-order chi connectivity index (χ1) is 16.8. The van der Waals surface area contributed by atoms with Crippen molar-refractivity contribution >= 4 is 17.7 Å². The molecule has 3 rings (SSSR count). The molecule has 1 aliphatic heterocycles. The average Bonchev–Trinajstić information content (AvgIpc) is 2.84. The first kappa shape index (κ1) is 26.3. The first-order valence-corrected chi connectivity index (χ1v) is 11.6. The molecule has 0 saturated carbocycles. The molecular weight excluding hydrogens is 454 g/mol. The quantitative estimate of drug-likeness (QED) is 0.319. The maximum absolute atomic E-state index is 13.8. The molecule has 0 saturated heterocycles. The predicted molar refractivity (Wildman–Crippen MR) is 127 cm³/mol. The number of ether oxygens (including phenoxy) is 5. The van der Waals surface area contributed by atoms with E-state index in [0.29, 0.717) is 47.1 Å². The summed E-state index contributed by atoms with van der Waals surface area (Å²) in [5, 5.41) is 3.24. The van der Waals surface area contributed by atoms with Crippen LogP contribution in [0.5, 0.6) is 11.5 Å². The van der Waals surface area contributed by atoms with Gasteiger partial charge in [-0.15, -0.1) is 0 Å². The number of ketones is 1. The van der Waals surface area contributed by atoms with E-state index >= 15 is 0 Å². The van der Waals surface area contributed by atoms with Gasteiger partial charge in [0.05, 0.1) is 39.4 Å². The van der Waals surface area contributed by atoms with E-state index in [1.165, 1.54) is 21.3 Å². The molecule has 0 radical (unpaired) electrons. The summed E-state index contributed by atoms with van der Waals surface area (Å²) >= 11 is 0. The predicted octanol–water partition coefficient (Wildman–Crippen LogP) is 2.90. The van der Waals surface area contributed by atoms with Gasteiger partial charge in [0.15, 0.2) is 5.78 Å². The fourth-order valence-corrected chi connectivity index (χ4v) is 4.73. The smallest absolute Gasteiger partial charge is 0.336 e. The standard InChI is InChI=1S/C26H33NO8/c1-7-34-10-11-35-26(30)21-15(3)27-18-12-14(2)20(25(29)33-6)24(28)23(18)22(21)17-9-8-16(31-4)13-19(17)32-5/h8-9,13-14,20,22,27H,7,10-12H2,1-6H3/t14-,20+,22-/m0/s1. The van der Waals surface area contributed by atoms with Crippen LogP contribution >= 0.6 is 0 Å². The molecule has 9 heteroatoms. The van der Waals surface area contributed by atoms with E-state index in [-0.39, 0.29) is 30.5 Å². The number of benzene rings is 1. The van der Waals surface area contributed by atoms with Crippen LogP contribution in [0.25, 0.3) is 0 Å². The summed E-state index contributed by atoms with van der Waals surface area (Å²) < 4.78 is 26.7. The molecule has 3 atom stereocenters. The van der Waals surface area contributed by atoms with Gasteiger partial charge in [-0.3, -0.25) is 9.59 Å². The number of carbonyl (C=O) groups excluding carboxylic acids is 3. The molecule has 0 spiro atoms. The molecule has 0 unspecified atom stereocenters. The summed E-state index contributed by atoms with van der Waals surface area (Å²) in [7, 11) is 4.31. The summed E-state index contributed by atoms with van der Waals surface area (Å²) in [6.07, 6.45) is 0.444. The third-order valence-corrected chi connectivity index (χ3v) is 6.38. The number of methoxy groups -OCH3 is 3. The van der Waals surface area contributed by atoms with Crippen molar-refractivity contribution in [2.75, 3.05) is 41.2 Å². The number of dihydropyridines is 1. The Morgan fingerprint density at radius 1 is 1.11 bits per heavy atom. The minimum atomic E-state index is -0.971. The normalized spacial score (nSPS) is 21.8. The Morgan fingerprint density at radius 3 is 2.49 bits per heavy atom. The molecule has 1 heterocycles. The van der Waals surface area contributed by atoms with Crippen molar-refractivity contribution in [3.63, 3.8) is 0 Å². The first-order valence-electron chi connectivity index (χ1n) is 11.6. The van der Waals surface area contributed by atoms with E-state index in [4.69, 9.17) is 23.7 Å². The van der Waals surface area contributed by atoms with Crippen molar-refractivity contribution in [1.29, 1.82) is 0 Å². The van der Waals surface area contributed by atoms with E-state index in [2.05, 4.69) is 5.32 Å². The SMILES string of the molecule is CCOCCOC(=O)C1=C(C)NC2=C(C(=O)[C@H](C(=O)OC)[C@@H](C)C2)[C@H]1c1ccc(OC)cc1OC. The second kappa shape index (κ2) is 11.4. The maximum atomic E-state index is 13.8. The highest BCUT2D eigenvalue weighted by atomic mass is 16.6. The molecule has 1 aromatic carbocycles. The van der Waals surface area contributed by atoms with Crippen LogP contribution in [0.15, 0.2) is 40.7 Å². The Hall–Kier alpha value is -3.33. The topological polar surface area (TPSA) is 109 Å². The molecule has 0 bridgehead atoms. The molecule has 0 amide bonds. The highest BCUT2D eigenvalue weighted by Gasteiger charge is 2.47. The number of esters is 2. The molecule has 0 aromatic heterocycles. The lowest BCUT2D eigenvalue weighted by atomic mass is 9.69. The van der Waals surface area contributed by atoms with Crippen LogP contribution in [-0.4, -0.2) is 58.9 Å². The molecule has 2 aliphatic rings. The molecular formula is C26H33NO8. The highest BCUT2D eigenvalue weighted by molar-refractivity contribution is 6.12. The van der Waals surface area contributed by atoms with Crippen LogP contribution in [0, 0.1) is 11.8 Å². The summed E-state index contributed by atoms with van der Waals surface area (Å²) in [5.74, 6) is -2.60. The van der Waals surface area contributed by atoms with Gasteiger partial charge in [-0.2, -0.15) is 0 Å². The lowest BCUT2D eigenvalue weighted by Gasteiger charge is -2.38. The lowest BCUT2D eigenvalue weighted by molar-refractivity contribution is -0.151. The fraction of sp³-hybridized carbons (Fsp3) is 0.500. The van der Waals surface area contributed by atoms with Gasteiger partial charge >= 0.3 is 11.9 Å². The largest absolute Gasteiger partial charge is 0.497 e. The highest BCUT2D eigenvalue weighted by Crippen LogP contribution is 2.48. The molecule has 1 aliphatic carbocycles. The van der Waals surface area contributed by atoms with Gasteiger partial charge in [-0.1, -0.05) is 13.0 Å². The van der Waals surface area contributed by atoms with Gasteiger partial charge < -0.3 is 29.0 Å². The Morgan fingerprint density at radius 2 is 1.86 bits per heavy atom. The summed E-state index contributed by atoms with van der Waals surface area (Å²) in [6, 6.07) is 5.19. The van der Waals surface area contributed by atoms with Gasteiger partial charge in [0.1, 0.15) is 24.0 Å². The molecule has 190 valence electrons. The molecule has 35 heavy (non-hydrogen) atoms. The number of nitrogens with one attached hydrogen (secondary N) is 1. The van der Waals surface area contributed by atoms with E-state index in [1.54, 1.807) is 25.1 Å². The zero-order valence-corrected chi connectivity index (χ0v) is 21.1. The summed E-state index contributed by atoms with van der Waals surface area (Å²) in [4.78, 5) is 39.7. The monoisotopic (exact) mass is 487 g/mol. The average molecular weight is 488 g/mol. The lowest BCUT2D eigenvalue weighted by Crippen LogP contribution is -2.43. The van der Waals surface area contributed by atoms with Crippen molar-refractivity contribution in [1.82, 2.24) is 5.32 Å². The Bertz CT molecular complexity index is 1060. The van der Waals surface area contributed by atoms with Crippen molar-refractivity contribution in [3.8, 4) is 11.5 Å². The number of allylic oxidation sites excluding steroid dienone is 3. The van der Waals surface area contributed by atoms with Crippen LogP contribution in [0.1, 0.15) is 38.7 Å². The van der Waals surface area contributed by atoms with Gasteiger partial charge in [-0.05, 0) is 32.3 Å². The number of hydrogen-bond donors (Lipinski definition) is 1. The van der Waals surface area contributed by atoms with Gasteiger partial charge in [0.2, 0.25) is 0 Å². The summed E-state index contributed by atoms with van der Waals surface area (Å²) in [5.41, 5.74) is 2.45. The van der Waals surface area contributed by atoms with Gasteiger partial charge in [-0.25, -0.2) is 4.79 Å². The Balaban J connectivity index is 2.15. The van der Waals surface area contributed by atoms with Crippen LogP contribution in [0.4, 0.5) is 0 Å². The molecule has 1 aromatic rings. The zero-order chi connectivity index (χ0) is 25.7. The second-order valence-corrected chi connectivity index (χ2v) is 8.48. The Labute approximate surface area is 205 Å². The number of Topliss-reactive ketones (excluding diaryl/α,β-unsaturated/α-hetero) is 1. The van der Waals surface area contributed by atoms with Crippen molar-refractivity contribution in [2.24, 2.45) is 11.8 Å². The van der Waals surface area contributed by atoms with Gasteiger partial charge in [0, 0.05) is 35.2 Å². The van der Waals surface area contributed by atoms with Crippen LogP contribution in [0.2, 0.25) is 0 Å². The number of carbonyl (C=O) groups is 3. The minimum absolute atomic E-state index is 0.0671. The van der Waals surface area contributed by atoms with Crippen LogP contribution in [0.3, 0.4) is 0 Å². The second-order valence-electron chi connectivity index (χ2n) is 8.48. The van der Waals surface area contributed by atoms with Gasteiger partial charge in [0.25, 0.3) is 0 Å². The molecule has 1 N–H and O–H groups in total. The van der Waals surface area contributed by atoms with E-state index < -0.39 is 23.8 Å².